The third-order valence-corrected chi connectivity index (χ3v) is 11.8. The summed E-state index contributed by atoms with van der Waals surface area (Å²) in [5, 5.41) is 12.0. The van der Waals surface area contributed by atoms with E-state index in [2.05, 4.69) is 205 Å². The molecule has 0 fully saturated rings. The number of nitrogens with zero attached hydrogens (tertiary/aromatic N) is 4. The van der Waals surface area contributed by atoms with E-state index in [4.69, 9.17) is 15.0 Å². The standard InChI is InChI=1S/C55H34N4/c1-2-14-38-31-41(29-24-35(38)13-1)53-54(59-30-12-11-23-52(59)58-53)36-25-27-37(28-26-36)55-56-50(48-32-39-15-3-5-17-42(39)44-19-7-9-21-46(44)48)34-51(57-55)49-33-40-16-4-6-18-43(40)45-20-8-10-22-47(45)49/h1-34H. The van der Waals surface area contributed by atoms with Gasteiger partial charge in [0.1, 0.15) is 5.65 Å². The summed E-state index contributed by atoms with van der Waals surface area (Å²) in [7, 11) is 0. The van der Waals surface area contributed by atoms with E-state index >= 15 is 0 Å². The smallest absolute Gasteiger partial charge is 0.160 e. The molecule has 0 bridgehead atoms. The number of benzene rings is 9. The Hall–Kier alpha value is -7.95. The van der Waals surface area contributed by atoms with E-state index in [1.807, 2.05) is 6.07 Å². The van der Waals surface area contributed by atoms with E-state index in [-0.39, 0.29) is 0 Å². The van der Waals surface area contributed by atoms with E-state index in [0.29, 0.717) is 5.82 Å². The Labute approximate surface area is 340 Å². The molecular formula is C55H34N4. The molecule has 0 N–H and O–H groups in total. The molecule has 0 aliphatic heterocycles. The average Bonchev–Trinajstić information content (AvgIpc) is 3.70. The minimum atomic E-state index is 0.673. The average molecular weight is 751 g/mol. The summed E-state index contributed by atoms with van der Waals surface area (Å²) in [6.07, 6.45) is 2.09. The van der Waals surface area contributed by atoms with Gasteiger partial charge in [0.15, 0.2) is 5.82 Å². The number of hydrogen-bond acceptors (Lipinski definition) is 3. The van der Waals surface area contributed by atoms with E-state index in [9.17, 15) is 0 Å². The minimum absolute atomic E-state index is 0.673. The molecule has 0 atom stereocenters. The van der Waals surface area contributed by atoms with Crippen LogP contribution in [-0.2, 0) is 0 Å². The summed E-state index contributed by atoms with van der Waals surface area (Å²) in [4.78, 5) is 16.0. The molecule has 0 saturated heterocycles. The highest BCUT2D eigenvalue weighted by Gasteiger charge is 2.19. The summed E-state index contributed by atoms with van der Waals surface area (Å²) in [6.45, 7) is 0. The van der Waals surface area contributed by atoms with Crippen molar-refractivity contribution in [3.63, 3.8) is 0 Å². The molecule has 12 aromatic rings. The molecule has 0 amide bonds. The molecule has 0 aliphatic rings. The van der Waals surface area contributed by atoms with Crippen molar-refractivity contribution < 1.29 is 0 Å². The normalized spacial score (nSPS) is 11.7. The van der Waals surface area contributed by atoms with Crippen LogP contribution in [0.15, 0.2) is 206 Å². The summed E-state index contributed by atoms with van der Waals surface area (Å²) in [5.74, 6) is 0.673. The summed E-state index contributed by atoms with van der Waals surface area (Å²) in [5.41, 5.74) is 9.90. The fourth-order valence-electron chi connectivity index (χ4n) is 8.97. The molecule has 3 heterocycles. The van der Waals surface area contributed by atoms with Gasteiger partial charge in [-0.25, -0.2) is 15.0 Å². The summed E-state index contributed by atoms with van der Waals surface area (Å²) < 4.78 is 2.18. The van der Waals surface area contributed by atoms with Gasteiger partial charge in [-0.15, -0.1) is 0 Å². The molecule has 0 saturated carbocycles. The van der Waals surface area contributed by atoms with Crippen LogP contribution in [0.5, 0.6) is 0 Å². The van der Waals surface area contributed by atoms with Crippen LogP contribution in [0.4, 0.5) is 0 Å². The number of aromatic nitrogens is 4. The van der Waals surface area contributed by atoms with Crippen LogP contribution in [0.25, 0.3) is 116 Å². The predicted octanol–water partition coefficient (Wildman–Crippen LogP) is 14.2. The second-order valence-electron chi connectivity index (χ2n) is 15.2. The molecule has 12 rings (SSSR count). The van der Waals surface area contributed by atoms with Crippen molar-refractivity contribution in [1.82, 2.24) is 19.4 Å². The lowest BCUT2D eigenvalue weighted by Gasteiger charge is -2.15. The molecule has 0 aliphatic carbocycles. The Balaban J connectivity index is 1.07. The molecular weight excluding hydrogens is 717 g/mol. The molecule has 0 unspecified atom stereocenters. The van der Waals surface area contributed by atoms with Crippen LogP contribution in [0.1, 0.15) is 0 Å². The van der Waals surface area contributed by atoms with Crippen molar-refractivity contribution in [2.75, 3.05) is 0 Å². The van der Waals surface area contributed by atoms with Gasteiger partial charge >= 0.3 is 0 Å². The number of hydrogen-bond donors (Lipinski definition) is 0. The highest BCUT2D eigenvalue weighted by Crippen LogP contribution is 2.40. The zero-order valence-electron chi connectivity index (χ0n) is 31.9. The molecule has 9 aromatic carbocycles. The van der Waals surface area contributed by atoms with Crippen molar-refractivity contribution in [2.24, 2.45) is 0 Å². The lowest BCUT2D eigenvalue weighted by atomic mass is 9.93. The topological polar surface area (TPSA) is 43.1 Å². The molecule has 4 nitrogen and oxygen atoms in total. The summed E-state index contributed by atoms with van der Waals surface area (Å²) in [6, 6.07) is 71.2. The molecule has 4 heteroatoms. The molecule has 274 valence electrons. The number of fused-ring (bicyclic) bond motifs is 8. The maximum atomic E-state index is 5.41. The largest absolute Gasteiger partial charge is 0.299 e. The molecule has 0 radical (unpaired) electrons. The Bertz CT molecular complexity index is 3480. The monoisotopic (exact) mass is 750 g/mol. The van der Waals surface area contributed by atoms with Gasteiger partial charge in [-0.3, -0.25) is 4.40 Å². The van der Waals surface area contributed by atoms with E-state index < -0.39 is 0 Å². The first kappa shape index (κ1) is 33.2. The minimum Gasteiger partial charge on any atom is -0.299 e. The van der Waals surface area contributed by atoms with Crippen LogP contribution in [0.3, 0.4) is 0 Å². The van der Waals surface area contributed by atoms with Gasteiger partial charge in [0.2, 0.25) is 0 Å². The zero-order chi connectivity index (χ0) is 38.9. The van der Waals surface area contributed by atoms with Gasteiger partial charge in [0.05, 0.1) is 22.8 Å². The van der Waals surface area contributed by atoms with Crippen LogP contribution in [0, 0.1) is 0 Å². The van der Waals surface area contributed by atoms with Gasteiger partial charge in [0.25, 0.3) is 0 Å². The first-order chi connectivity index (χ1) is 29.2. The van der Waals surface area contributed by atoms with Crippen molar-refractivity contribution in [3.8, 4) is 56.4 Å². The van der Waals surface area contributed by atoms with E-state index in [1.165, 1.54) is 43.1 Å². The molecule has 3 aromatic heterocycles. The number of rotatable bonds is 5. The van der Waals surface area contributed by atoms with Crippen LogP contribution in [-0.4, -0.2) is 19.4 Å². The van der Waals surface area contributed by atoms with E-state index in [0.717, 1.165) is 67.0 Å². The molecule has 59 heavy (non-hydrogen) atoms. The maximum absolute atomic E-state index is 5.41. The molecule has 0 spiro atoms. The first-order valence-electron chi connectivity index (χ1n) is 20.0. The quantitative estimate of drug-likeness (QED) is 0.165. The van der Waals surface area contributed by atoms with Crippen molar-refractivity contribution >= 4 is 59.5 Å². The van der Waals surface area contributed by atoms with Crippen LogP contribution >= 0.6 is 0 Å². The number of pyridine rings is 1. The Morgan fingerprint density at radius 2 is 0.814 bits per heavy atom. The lowest BCUT2D eigenvalue weighted by molar-refractivity contribution is 1.18. The van der Waals surface area contributed by atoms with Crippen LogP contribution in [0.2, 0.25) is 0 Å². The van der Waals surface area contributed by atoms with Gasteiger partial charge in [-0.05, 0) is 90.3 Å². The highest BCUT2D eigenvalue weighted by molar-refractivity contribution is 6.15. The Morgan fingerprint density at radius 3 is 1.44 bits per heavy atom. The van der Waals surface area contributed by atoms with Crippen molar-refractivity contribution in [2.45, 2.75) is 0 Å². The third-order valence-electron chi connectivity index (χ3n) is 11.8. The van der Waals surface area contributed by atoms with Gasteiger partial charge in [-0.1, -0.05) is 164 Å². The fraction of sp³-hybridized carbons (Fsp3) is 0. The highest BCUT2D eigenvalue weighted by atomic mass is 15.0. The van der Waals surface area contributed by atoms with E-state index in [1.54, 1.807) is 0 Å². The zero-order valence-corrected chi connectivity index (χ0v) is 31.9. The Kier molecular flexibility index (Phi) is 7.50. The predicted molar refractivity (Wildman–Crippen MR) is 245 cm³/mol. The SMILES string of the molecule is c1ccc2cc(-c3nc4ccccn4c3-c3ccc(-c4nc(-c5cc6ccccc6c6ccccc56)cc(-c5cc6ccccc6c6ccccc56)n4)cc3)ccc2c1. The van der Waals surface area contributed by atoms with Gasteiger partial charge in [0, 0.05) is 34.0 Å². The van der Waals surface area contributed by atoms with Crippen molar-refractivity contribution in [3.05, 3.63) is 206 Å². The fourth-order valence-corrected chi connectivity index (χ4v) is 8.97. The third kappa shape index (κ3) is 5.49. The van der Waals surface area contributed by atoms with Gasteiger partial charge in [-0.2, -0.15) is 0 Å². The number of imidazole rings is 1. The Morgan fingerprint density at radius 1 is 0.322 bits per heavy atom. The van der Waals surface area contributed by atoms with Gasteiger partial charge < -0.3 is 0 Å². The van der Waals surface area contributed by atoms with Crippen LogP contribution < -0.4 is 0 Å². The second-order valence-corrected chi connectivity index (χ2v) is 15.2. The van der Waals surface area contributed by atoms with Crippen molar-refractivity contribution in [1.29, 1.82) is 0 Å². The first-order valence-corrected chi connectivity index (χ1v) is 20.0. The lowest BCUT2D eigenvalue weighted by Crippen LogP contribution is -1.98. The maximum Gasteiger partial charge on any atom is 0.160 e. The summed E-state index contributed by atoms with van der Waals surface area (Å²) >= 11 is 0. The second kappa shape index (κ2) is 13.3.